The van der Waals surface area contributed by atoms with Crippen molar-refractivity contribution in [1.29, 1.82) is 0 Å². The van der Waals surface area contributed by atoms with E-state index < -0.39 is 0 Å². The minimum atomic E-state index is -0.0815. The Bertz CT molecular complexity index is 670. The molecule has 0 N–H and O–H groups in total. The van der Waals surface area contributed by atoms with Crippen LogP contribution in [0.15, 0.2) is 28.7 Å². The molecule has 1 aromatic heterocycles. The summed E-state index contributed by atoms with van der Waals surface area (Å²) in [6.45, 7) is 0. The second-order valence-corrected chi connectivity index (χ2v) is 5.92. The van der Waals surface area contributed by atoms with E-state index in [1.165, 1.54) is 0 Å². The average Bonchev–Trinajstić information content (AvgIpc) is 3.26. The van der Waals surface area contributed by atoms with Gasteiger partial charge in [0.05, 0.1) is 15.0 Å². The van der Waals surface area contributed by atoms with Crippen LogP contribution in [0, 0.1) is 0 Å². The Morgan fingerprint density at radius 1 is 1.42 bits per heavy atom. The van der Waals surface area contributed by atoms with Gasteiger partial charge in [-0.3, -0.25) is 4.79 Å². The van der Waals surface area contributed by atoms with Crippen LogP contribution in [0.25, 0.3) is 10.9 Å². The van der Waals surface area contributed by atoms with Crippen molar-refractivity contribution in [2.75, 3.05) is 7.05 Å². The van der Waals surface area contributed by atoms with Gasteiger partial charge in [0.1, 0.15) is 5.69 Å². The molecule has 0 saturated heterocycles. The lowest BCUT2D eigenvalue weighted by atomic mass is 10.2. The van der Waals surface area contributed by atoms with Crippen LogP contribution in [-0.4, -0.2) is 28.9 Å². The lowest BCUT2D eigenvalue weighted by Crippen LogP contribution is -2.29. The lowest BCUT2D eigenvalue weighted by Gasteiger charge is -2.17. The van der Waals surface area contributed by atoms with Crippen LogP contribution in [0.4, 0.5) is 0 Å². The normalized spacial score (nSPS) is 14.7. The molecular formula is C14H12BrClN2O. The number of amides is 1. The number of hydrogen-bond acceptors (Lipinski definition) is 2. The van der Waals surface area contributed by atoms with E-state index in [1.54, 1.807) is 4.90 Å². The molecule has 1 aliphatic carbocycles. The first-order valence-corrected chi connectivity index (χ1v) is 7.27. The van der Waals surface area contributed by atoms with Crippen LogP contribution in [0.2, 0.25) is 5.02 Å². The van der Waals surface area contributed by atoms with Gasteiger partial charge >= 0.3 is 0 Å². The monoisotopic (exact) mass is 338 g/mol. The fourth-order valence-corrected chi connectivity index (χ4v) is 2.81. The third kappa shape index (κ3) is 2.23. The number of hydrogen-bond donors (Lipinski definition) is 0. The van der Waals surface area contributed by atoms with Crippen LogP contribution in [0.5, 0.6) is 0 Å². The number of benzene rings is 1. The zero-order valence-electron chi connectivity index (χ0n) is 10.4. The summed E-state index contributed by atoms with van der Waals surface area (Å²) in [6, 6.07) is 7.90. The molecule has 3 rings (SSSR count). The number of aromatic nitrogens is 1. The third-order valence-corrected chi connectivity index (χ3v) is 4.78. The Morgan fingerprint density at radius 2 is 2.11 bits per heavy atom. The Morgan fingerprint density at radius 3 is 2.79 bits per heavy atom. The number of rotatable bonds is 2. The van der Waals surface area contributed by atoms with Crippen molar-refractivity contribution in [2.45, 2.75) is 18.9 Å². The van der Waals surface area contributed by atoms with Crippen molar-refractivity contribution < 1.29 is 4.79 Å². The molecule has 2 aromatic rings. The van der Waals surface area contributed by atoms with Crippen LogP contribution in [-0.2, 0) is 0 Å². The zero-order valence-corrected chi connectivity index (χ0v) is 12.7. The molecule has 0 aliphatic heterocycles. The van der Waals surface area contributed by atoms with E-state index in [9.17, 15) is 4.79 Å². The van der Waals surface area contributed by atoms with Gasteiger partial charge in [0.25, 0.3) is 5.91 Å². The molecule has 0 radical (unpaired) electrons. The minimum Gasteiger partial charge on any atom is -0.337 e. The van der Waals surface area contributed by atoms with Crippen LogP contribution < -0.4 is 0 Å². The van der Waals surface area contributed by atoms with Gasteiger partial charge in [-0.2, -0.15) is 0 Å². The van der Waals surface area contributed by atoms with E-state index in [0.29, 0.717) is 21.2 Å². The Hall–Kier alpha value is -1.13. The average molecular weight is 340 g/mol. The summed E-state index contributed by atoms with van der Waals surface area (Å²) in [4.78, 5) is 18.6. The third-order valence-electron chi connectivity index (χ3n) is 3.39. The van der Waals surface area contributed by atoms with Crippen molar-refractivity contribution >= 4 is 44.3 Å². The molecule has 5 heteroatoms. The zero-order chi connectivity index (χ0) is 13.6. The summed E-state index contributed by atoms with van der Waals surface area (Å²) < 4.78 is 0.574. The lowest BCUT2D eigenvalue weighted by molar-refractivity contribution is 0.0778. The predicted molar refractivity (Wildman–Crippen MR) is 79.6 cm³/mol. The standard InChI is InChI=1S/C14H12BrClN2O/c1-18(8-6-7-8)14(19)13-11(15)12(16)9-4-2-3-5-10(9)17-13/h2-5,8H,6-7H2,1H3. The molecule has 0 bridgehead atoms. The van der Waals surface area contributed by atoms with Gasteiger partial charge < -0.3 is 4.90 Å². The molecule has 1 aliphatic rings. The van der Waals surface area contributed by atoms with E-state index in [1.807, 2.05) is 31.3 Å². The summed E-state index contributed by atoms with van der Waals surface area (Å²) in [5, 5.41) is 1.39. The molecule has 0 spiro atoms. The van der Waals surface area contributed by atoms with Gasteiger partial charge in [-0.05, 0) is 34.8 Å². The highest BCUT2D eigenvalue weighted by molar-refractivity contribution is 9.10. The predicted octanol–water partition coefficient (Wildman–Crippen LogP) is 3.89. The number of pyridine rings is 1. The van der Waals surface area contributed by atoms with Crippen molar-refractivity contribution in [2.24, 2.45) is 0 Å². The maximum absolute atomic E-state index is 12.4. The molecule has 1 saturated carbocycles. The number of carbonyl (C=O) groups excluding carboxylic acids is 1. The maximum atomic E-state index is 12.4. The molecular weight excluding hydrogens is 328 g/mol. The van der Waals surface area contributed by atoms with Gasteiger partial charge in [-0.15, -0.1) is 0 Å². The van der Waals surface area contributed by atoms with E-state index in [-0.39, 0.29) is 5.91 Å². The number of halogens is 2. The summed E-state index contributed by atoms with van der Waals surface area (Å²) in [5.74, 6) is -0.0815. The molecule has 0 atom stereocenters. The summed E-state index contributed by atoms with van der Waals surface area (Å²) >= 11 is 9.72. The Labute approximate surface area is 124 Å². The molecule has 1 heterocycles. The van der Waals surface area contributed by atoms with Gasteiger partial charge in [0.2, 0.25) is 0 Å². The van der Waals surface area contributed by atoms with Gasteiger partial charge in [-0.25, -0.2) is 4.98 Å². The van der Waals surface area contributed by atoms with E-state index in [0.717, 1.165) is 23.7 Å². The highest BCUT2D eigenvalue weighted by Crippen LogP contribution is 2.34. The molecule has 19 heavy (non-hydrogen) atoms. The van der Waals surface area contributed by atoms with Gasteiger partial charge in [0, 0.05) is 18.5 Å². The second-order valence-electron chi connectivity index (χ2n) is 4.75. The van der Waals surface area contributed by atoms with E-state index in [2.05, 4.69) is 20.9 Å². The first-order chi connectivity index (χ1) is 9.09. The SMILES string of the molecule is CN(C(=O)c1nc2ccccc2c(Cl)c1Br)C1CC1. The summed E-state index contributed by atoms with van der Waals surface area (Å²) in [7, 11) is 1.82. The molecule has 1 amide bonds. The smallest absolute Gasteiger partial charge is 0.273 e. The highest BCUT2D eigenvalue weighted by Gasteiger charge is 2.32. The second kappa shape index (κ2) is 4.76. The van der Waals surface area contributed by atoms with Gasteiger partial charge in [0.15, 0.2) is 0 Å². The number of para-hydroxylation sites is 1. The first kappa shape index (κ1) is 12.9. The summed E-state index contributed by atoms with van der Waals surface area (Å²) in [6.07, 6.45) is 2.14. The van der Waals surface area contributed by atoms with Crippen LogP contribution >= 0.6 is 27.5 Å². The number of fused-ring (bicyclic) bond motifs is 1. The fourth-order valence-electron chi connectivity index (χ4n) is 2.08. The number of carbonyl (C=O) groups is 1. The van der Waals surface area contributed by atoms with Crippen molar-refractivity contribution in [3.8, 4) is 0 Å². The fraction of sp³-hybridized carbons (Fsp3) is 0.286. The molecule has 3 nitrogen and oxygen atoms in total. The Balaban J connectivity index is 2.13. The van der Waals surface area contributed by atoms with Crippen LogP contribution in [0.1, 0.15) is 23.3 Å². The van der Waals surface area contributed by atoms with Crippen molar-refractivity contribution in [3.63, 3.8) is 0 Å². The van der Waals surface area contributed by atoms with Crippen molar-refractivity contribution in [3.05, 3.63) is 39.5 Å². The largest absolute Gasteiger partial charge is 0.337 e. The quantitative estimate of drug-likeness (QED) is 0.832. The molecule has 1 fully saturated rings. The van der Waals surface area contributed by atoms with E-state index >= 15 is 0 Å². The summed E-state index contributed by atoms with van der Waals surface area (Å²) in [5.41, 5.74) is 1.13. The molecule has 0 unspecified atom stereocenters. The van der Waals surface area contributed by atoms with E-state index in [4.69, 9.17) is 11.6 Å². The molecule has 98 valence electrons. The van der Waals surface area contributed by atoms with Crippen LogP contribution in [0.3, 0.4) is 0 Å². The first-order valence-electron chi connectivity index (χ1n) is 6.10. The highest BCUT2D eigenvalue weighted by atomic mass is 79.9. The van der Waals surface area contributed by atoms with Crippen molar-refractivity contribution in [1.82, 2.24) is 9.88 Å². The van der Waals surface area contributed by atoms with Gasteiger partial charge in [-0.1, -0.05) is 29.8 Å². The number of nitrogens with zero attached hydrogens (tertiary/aromatic N) is 2. The maximum Gasteiger partial charge on any atom is 0.273 e. The minimum absolute atomic E-state index is 0.0815. The topological polar surface area (TPSA) is 33.2 Å². The Kier molecular flexibility index (Phi) is 3.23. The molecule has 1 aromatic carbocycles.